The van der Waals surface area contributed by atoms with Crippen molar-refractivity contribution in [2.45, 2.75) is 12.8 Å². The molecule has 0 radical (unpaired) electrons. The van der Waals surface area contributed by atoms with Gasteiger partial charge >= 0.3 is 0 Å². The molecule has 0 unspecified atom stereocenters. The van der Waals surface area contributed by atoms with Gasteiger partial charge in [-0.05, 0) is 36.6 Å². The Labute approximate surface area is 112 Å². The van der Waals surface area contributed by atoms with E-state index in [1.807, 2.05) is 30.3 Å². The maximum atomic E-state index is 12.4. The van der Waals surface area contributed by atoms with E-state index in [9.17, 15) is 4.79 Å². The number of benzene rings is 1. The van der Waals surface area contributed by atoms with E-state index >= 15 is 0 Å². The lowest BCUT2D eigenvalue weighted by molar-refractivity contribution is 0.0936. The van der Waals surface area contributed by atoms with Crippen LogP contribution in [0.4, 0.5) is 0 Å². The Morgan fingerprint density at radius 1 is 1.26 bits per heavy atom. The van der Waals surface area contributed by atoms with Gasteiger partial charge in [0.05, 0.1) is 7.11 Å². The quantitative estimate of drug-likeness (QED) is 0.844. The summed E-state index contributed by atoms with van der Waals surface area (Å²) in [5, 5.41) is 0. The summed E-state index contributed by atoms with van der Waals surface area (Å²) in [4.78, 5) is 16.4. The van der Waals surface area contributed by atoms with Crippen LogP contribution in [-0.4, -0.2) is 17.9 Å². The van der Waals surface area contributed by atoms with Crippen molar-refractivity contribution < 1.29 is 9.53 Å². The highest BCUT2D eigenvalue weighted by molar-refractivity contribution is 6.03. The lowest BCUT2D eigenvalue weighted by Crippen LogP contribution is -2.12. The van der Waals surface area contributed by atoms with Gasteiger partial charge in [0.25, 0.3) is 0 Å². The average molecular weight is 253 g/mol. The molecule has 3 rings (SSSR count). The zero-order valence-electron chi connectivity index (χ0n) is 10.8. The topological polar surface area (TPSA) is 39.2 Å². The first-order valence-electron chi connectivity index (χ1n) is 6.38. The van der Waals surface area contributed by atoms with Crippen molar-refractivity contribution in [3.63, 3.8) is 0 Å². The fraction of sp³-hybridized carbons (Fsp3) is 0.250. The van der Waals surface area contributed by atoms with E-state index in [0.717, 1.165) is 35.3 Å². The van der Waals surface area contributed by atoms with Crippen molar-refractivity contribution in [2.24, 2.45) is 5.92 Å². The second kappa shape index (κ2) is 4.84. The minimum Gasteiger partial charge on any atom is -0.496 e. The van der Waals surface area contributed by atoms with Gasteiger partial charge in [-0.3, -0.25) is 9.78 Å². The van der Waals surface area contributed by atoms with Crippen LogP contribution in [0.2, 0.25) is 0 Å². The Morgan fingerprint density at radius 2 is 2.05 bits per heavy atom. The van der Waals surface area contributed by atoms with Gasteiger partial charge in [0.15, 0.2) is 5.78 Å². The number of hydrogen-bond acceptors (Lipinski definition) is 3. The number of methoxy groups -OCH3 is 1. The van der Waals surface area contributed by atoms with Crippen LogP contribution in [0.1, 0.15) is 21.5 Å². The summed E-state index contributed by atoms with van der Waals surface area (Å²) in [5.41, 5.74) is 3.02. The summed E-state index contributed by atoms with van der Waals surface area (Å²) in [6.07, 6.45) is 5.06. The molecule has 0 saturated carbocycles. The van der Waals surface area contributed by atoms with E-state index in [2.05, 4.69) is 4.98 Å². The van der Waals surface area contributed by atoms with E-state index in [0.29, 0.717) is 0 Å². The van der Waals surface area contributed by atoms with Crippen molar-refractivity contribution in [1.82, 2.24) is 4.98 Å². The Morgan fingerprint density at radius 3 is 2.79 bits per heavy atom. The number of carbonyl (C=O) groups is 1. The Balaban J connectivity index is 1.87. The van der Waals surface area contributed by atoms with Crippen LogP contribution in [0.25, 0.3) is 0 Å². The second-order valence-electron chi connectivity index (χ2n) is 4.81. The SMILES string of the molecule is COc1cccc2c1C[C@@H](Cc1ccncc1)C2=O. The monoisotopic (exact) mass is 253 g/mol. The molecule has 1 aliphatic rings. The molecule has 0 bridgehead atoms. The van der Waals surface area contributed by atoms with E-state index < -0.39 is 0 Å². The van der Waals surface area contributed by atoms with E-state index in [4.69, 9.17) is 4.74 Å². The van der Waals surface area contributed by atoms with Crippen LogP contribution < -0.4 is 4.74 Å². The number of fused-ring (bicyclic) bond motifs is 1. The van der Waals surface area contributed by atoms with Crippen LogP contribution in [0, 0.1) is 5.92 Å². The van der Waals surface area contributed by atoms with Gasteiger partial charge in [-0.15, -0.1) is 0 Å². The standard InChI is InChI=1S/C16H15NO2/c1-19-15-4-2-3-13-14(15)10-12(16(13)18)9-11-5-7-17-8-6-11/h2-8,12H,9-10H2,1H3/t12-/m1/s1. The zero-order valence-corrected chi connectivity index (χ0v) is 10.8. The third-order valence-corrected chi connectivity index (χ3v) is 3.67. The Bertz CT molecular complexity index is 607. The van der Waals surface area contributed by atoms with Crippen molar-refractivity contribution in [1.29, 1.82) is 0 Å². The van der Waals surface area contributed by atoms with Crippen LogP contribution in [0.15, 0.2) is 42.7 Å². The molecule has 0 amide bonds. The van der Waals surface area contributed by atoms with Gasteiger partial charge in [-0.25, -0.2) is 0 Å². The third kappa shape index (κ3) is 2.12. The molecule has 19 heavy (non-hydrogen) atoms. The molecule has 0 N–H and O–H groups in total. The molecular weight excluding hydrogens is 238 g/mol. The molecule has 1 atom stereocenters. The predicted molar refractivity (Wildman–Crippen MR) is 72.5 cm³/mol. The highest BCUT2D eigenvalue weighted by Crippen LogP contribution is 2.34. The predicted octanol–water partition coefficient (Wildman–Crippen LogP) is 2.69. The summed E-state index contributed by atoms with van der Waals surface area (Å²) in [6, 6.07) is 9.62. The summed E-state index contributed by atoms with van der Waals surface area (Å²) in [6.45, 7) is 0. The number of ether oxygens (including phenoxy) is 1. The number of rotatable bonds is 3. The summed E-state index contributed by atoms with van der Waals surface area (Å²) < 4.78 is 5.34. The van der Waals surface area contributed by atoms with Gasteiger partial charge in [-0.1, -0.05) is 12.1 Å². The molecule has 3 heteroatoms. The van der Waals surface area contributed by atoms with Crippen LogP contribution in [0.3, 0.4) is 0 Å². The number of carbonyl (C=O) groups excluding carboxylic acids is 1. The summed E-state index contributed by atoms with van der Waals surface area (Å²) >= 11 is 0. The van der Waals surface area contributed by atoms with Crippen LogP contribution >= 0.6 is 0 Å². The van der Waals surface area contributed by atoms with Crippen LogP contribution in [-0.2, 0) is 12.8 Å². The number of hydrogen-bond donors (Lipinski definition) is 0. The van der Waals surface area contributed by atoms with Crippen molar-refractivity contribution in [2.75, 3.05) is 7.11 Å². The lowest BCUT2D eigenvalue weighted by atomic mass is 9.96. The molecule has 0 fully saturated rings. The fourth-order valence-corrected chi connectivity index (χ4v) is 2.73. The van der Waals surface area contributed by atoms with Crippen LogP contribution in [0.5, 0.6) is 5.75 Å². The minimum absolute atomic E-state index is 0.0219. The first-order chi connectivity index (χ1) is 9.29. The molecule has 96 valence electrons. The lowest BCUT2D eigenvalue weighted by Gasteiger charge is -2.07. The normalized spacial score (nSPS) is 17.3. The smallest absolute Gasteiger partial charge is 0.167 e. The maximum Gasteiger partial charge on any atom is 0.167 e. The number of aromatic nitrogens is 1. The van der Waals surface area contributed by atoms with Crippen molar-refractivity contribution >= 4 is 5.78 Å². The van der Waals surface area contributed by atoms with E-state index in [-0.39, 0.29) is 11.7 Å². The number of pyridine rings is 1. The zero-order chi connectivity index (χ0) is 13.2. The number of Topliss-reactive ketones (excluding diaryl/α,β-unsaturated/α-hetero) is 1. The Kier molecular flexibility index (Phi) is 3.03. The summed E-state index contributed by atoms with van der Waals surface area (Å²) in [7, 11) is 1.65. The Hall–Kier alpha value is -2.16. The molecule has 1 heterocycles. The van der Waals surface area contributed by atoms with E-state index in [1.54, 1.807) is 19.5 Å². The second-order valence-corrected chi connectivity index (χ2v) is 4.81. The molecule has 0 spiro atoms. The van der Waals surface area contributed by atoms with Crippen molar-refractivity contribution in [3.8, 4) is 5.75 Å². The number of nitrogens with zero attached hydrogens (tertiary/aromatic N) is 1. The van der Waals surface area contributed by atoms with Gasteiger partial charge < -0.3 is 4.74 Å². The maximum absolute atomic E-state index is 12.4. The van der Waals surface area contributed by atoms with Gasteiger partial charge in [-0.2, -0.15) is 0 Å². The van der Waals surface area contributed by atoms with E-state index in [1.165, 1.54) is 0 Å². The number of ketones is 1. The fourth-order valence-electron chi connectivity index (χ4n) is 2.73. The third-order valence-electron chi connectivity index (χ3n) is 3.67. The molecule has 3 nitrogen and oxygen atoms in total. The first kappa shape index (κ1) is 11.9. The average Bonchev–Trinajstić information content (AvgIpc) is 2.77. The molecule has 0 aliphatic heterocycles. The van der Waals surface area contributed by atoms with Gasteiger partial charge in [0.1, 0.15) is 5.75 Å². The highest BCUT2D eigenvalue weighted by atomic mass is 16.5. The first-order valence-corrected chi connectivity index (χ1v) is 6.38. The molecule has 0 saturated heterocycles. The molecule has 1 aliphatic carbocycles. The molecule has 1 aromatic heterocycles. The largest absolute Gasteiger partial charge is 0.496 e. The molecule has 1 aromatic carbocycles. The molecular formula is C16H15NO2. The van der Waals surface area contributed by atoms with Crippen molar-refractivity contribution in [3.05, 3.63) is 59.4 Å². The molecule has 2 aromatic rings. The van der Waals surface area contributed by atoms with Gasteiger partial charge in [0, 0.05) is 29.4 Å². The summed E-state index contributed by atoms with van der Waals surface area (Å²) in [5.74, 6) is 1.07. The minimum atomic E-state index is 0.0219. The van der Waals surface area contributed by atoms with Gasteiger partial charge in [0.2, 0.25) is 0 Å². The highest BCUT2D eigenvalue weighted by Gasteiger charge is 2.32.